The van der Waals surface area contributed by atoms with E-state index < -0.39 is 5.60 Å². The molecule has 1 aliphatic heterocycles. The van der Waals surface area contributed by atoms with Gasteiger partial charge < -0.3 is 19.9 Å². The SMILES string of the molecule is Cc1ncc(CNC2CN(C(=O)OC(C)(C)C)C2)[nH]1. The molecule has 0 saturated carbocycles. The minimum absolute atomic E-state index is 0.233. The van der Waals surface area contributed by atoms with Crippen LogP contribution in [0.4, 0.5) is 4.79 Å². The zero-order chi connectivity index (χ0) is 14.0. The van der Waals surface area contributed by atoms with Crippen molar-refractivity contribution in [2.24, 2.45) is 0 Å². The van der Waals surface area contributed by atoms with Gasteiger partial charge in [-0.2, -0.15) is 0 Å². The maximum absolute atomic E-state index is 11.7. The Balaban J connectivity index is 1.67. The van der Waals surface area contributed by atoms with E-state index in [1.165, 1.54) is 0 Å². The zero-order valence-corrected chi connectivity index (χ0v) is 12.0. The van der Waals surface area contributed by atoms with Gasteiger partial charge in [-0.3, -0.25) is 0 Å². The number of likely N-dealkylation sites (tertiary alicyclic amines) is 1. The summed E-state index contributed by atoms with van der Waals surface area (Å²) in [7, 11) is 0. The fourth-order valence-electron chi connectivity index (χ4n) is 1.90. The molecule has 1 amide bonds. The molecule has 2 heterocycles. The summed E-state index contributed by atoms with van der Waals surface area (Å²) in [6.45, 7) is 9.69. The van der Waals surface area contributed by atoms with Gasteiger partial charge in [0, 0.05) is 37.6 Å². The number of ether oxygens (including phenoxy) is 1. The molecule has 1 aromatic heterocycles. The van der Waals surface area contributed by atoms with Gasteiger partial charge >= 0.3 is 6.09 Å². The summed E-state index contributed by atoms with van der Waals surface area (Å²) < 4.78 is 5.30. The van der Waals surface area contributed by atoms with Crippen molar-refractivity contribution < 1.29 is 9.53 Å². The Bertz CT molecular complexity index is 444. The fraction of sp³-hybridized carbons (Fsp3) is 0.692. The zero-order valence-electron chi connectivity index (χ0n) is 12.0. The summed E-state index contributed by atoms with van der Waals surface area (Å²) in [5.74, 6) is 0.917. The molecule has 0 aliphatic carbocycles. The minimum atomic E-state index is -0.428. The van der Waals surface area contributed by atoms with E-state index in [0.29, 0.717) is 19.1 Å². The molecule has 0 unspecified atom stereocenters. The molecule has 0 atom stereocenters. The molecule has 1 aliphatic rings. The average molecular weight is 266 g/mol. The van der Waals surface area contributed by atoms with E-state index in [-0.39, 0.29) is 6.09 Å². The second kappa shape index (κ2) is 5.21. The normalized spacial score (nSPS) is 16.3. The number of nitrogens with one attached hydrogen (secondary N) is 2. The Morgan fingerprint density at radius 2 is 2.26 bits per heavy atom. The van der Waals surface area contributed by atoms with Gasteiger partial charge in [-0.05, 0) is 27.7 Å². The number of nitrogens with zero attached hydrogens (tertiary/aromatic N) is 2. The Labute approximate surface area is 113 Å². The smallest absolute Gasteiger partial charge is 0.410 e. The molecule has 1 fully saturated rings. The van der Waals surface area contributed by atoms with Crippen LogP contribution in [0.25, 0.3) is 0 Å². The Morgan fingerprint density at radius 1 is 1.58 bits per heavy atom. The molecule has 6 heteroatoms. The highest BCUT2D eigenvalue weighted by molar-refractivity contribution is 5.69. The molecule has 0 bridgehead atoms. The molecule has 1 saturated heterocycles. The van der Waals surface area contributed by atoms with Crippen LogP contribution in [0, 0.1) is 6.92 Å². The molecule has 0 aromatic carbocycles. The van der Waals surface area contributed by atoms with E-state index in [1.54, 1.807) is 4.90 Å². The quantitative estimate of drug-likeness (QED) is 0.868. The highest BCUT2D eigenvalue weighted by Gasteiger charge is 2.33. The molecule has 2 N–H and O–H groups in total. The number of aromatic amines is 1. The van der Waals surface area contributed by atoms with Gasteiger partial charge in [0.2, 0.25) is 0 Å². The first-order valence-corrected chi connectivity index (χ1v) is 6.55. The van der Waals surface area contributed by atoms with Gasteiger partial charge in [-0.15, -0.1) is 0 Å². The van der Waals surface area contributed by atoms with Crippen LogP contribution in [0.15, 0.2) is 6.20 Å². The third kappa shape index (κ3) is 3.96. The summed E-state index contributed by atoms with van der Waals surface area (Å²) in [6.07, 6.45) is 1.59. The molecule has 0 radical (unpaired) electrons. The standard InChI is InChI=1S/C13H22N4O2/c1-9-14-5-10(16-9)6-15-11-7-17(8-11)12(18)19-13(2,3)4/h5,11,15H,6-8H2,1-4H3,(H,14,16). The molecule has 0 spiro atoms. The summed E-state index contributed by atoms with van der Waals surface area (Å²) >= 11 is 0. The Kier molecular flexibility index (Phi) is 3.80. The first-order chi connectivity index (χ1) is 8.83. The van der Waals surface area contributed by atoms with E-state index in [0.717, 1.165) is 18.1 Å². The van der Waals surface area contributed by atoms with Gasteiger partial charge in [0.25, 0.3) is 0 Å². The third-order valence-corrected chi connectivity index (χ3v) is 2.87. The second-order valence-corrected chi connectivity index (χ2v) is 5.96. The Hall–Kier alpha value is -1.56. The predicted molar refractivity (Wildman–Crippen MR) is 71.8 cm³/mol. The summed E-state index contributed by atoms with van der Waals surface area (Å²) in [5, 5.41) is 3.38. The van der Waals surface area contributed by atoms with Crippen molar-refractivity contribution in [2.45, 2.75) is 45.9 Å². The van der Waals surface area contributed by atoms with Crippen LogP contribution in [0.3, 0.4) is 0 Å². The van der Waals surface area contributed by atoms with Crippen LogP contribution in [0.5, 0.6) is 0 Å². The van der Waals surface area contributed by atoms with Gasteiger partial charge in [0.15, 0.2) is 0 Å². The van der Waals surface area contributed by atoms with Crippen LogP contribution in [0.2, 0.25) is 0 Å². The van der Waals surface area contributed by atoms with Crippen LogP contribution in [-0.2, 0) is 11.3 Å². The lowest BCUT2D eigenvalue weighted by Gasteiger charge is -2.40. The van der Waals surface area contributed by atoms with Crippen LogP contribution in [-0.4, -0.2) is 45.7 Å². The number of hydrogen-bond donors (Lipinski definition) is 2. The van der Waals surface area contributed by atoms with Crippen LogP contribution < -0.4 is 5.32 Å². The monoisotopic (exact) mass is 266 g/mol. The van der Waals surface area contributed by atoms with E-state index >= 15 is 0 Å². The fourth-order valence-corrected chi connectivity index (χ4v) is 1.90. The summed E-state index contributed by atoms with van der Waals surface area (Å²) in [4.78, 5) is 20.7. The lowest BCUT2D eigenvalue weighted by atomic mass is 10.1. The van der Waals surface area contributed by atoms with Gasteiger partial charge in [0.1, 0.15) is 11.4 Å². The maximum atomic E-state index is 11.7. The summed E-state index contributed by atoms with van der Waals surface area (Å²) in [6, 6.07) is 0.330. The number of rotatable bonds is 3. The van der Waals surface area contributed by atoms with Crippen LogP contribution >= 0.6 is 0 Å². The molecule has 1 aromatic rings. The van der Waals surface area contributed by atoms with Crippen molar-refractivity contribution >= 4 is 6.09 Å². The predicted octanol–water partition coefficient (Wildman–Crippen LogP) is 1.43. The number of aryl methyl sites for hydroxylation is 1. The Morgan fingerprint density at radius 3 is 2.79 bits per heavy atom. The van der Waals surface area contributed by atoms with Crippen molar-refractivity contribution in [3.8, 4) is 0 Å². The van der Waals surface area contributed by atoms with Gasteiger partial charge in [0.05, 0.1) is 0 Å². The average Bonchev–Trinajstić information content (AvgIpc) is 2.59. The number of aromatic nitrogens is 2. The largest absolute Gasteiger partial charge is 0.444 e. The number of carbonyl (C=O) groups excluding carboxylic acids is 1. The van der Waals surface area contributed by atoms with E-state index in [4.69, 9.17) is 4.74 Å². The van der Waals surface area contributed by atoms with Crippen molar-refractivity contribution in [3.05, 3.63) is 17.7 Å². The first kappa shape index (κ1) is 13.9. The topological polar surface area (TPSA) is 70.2 Å². The second-order valence-electron chi connectivity index (χ2n) is 5.96. The summed E-state index contributed by atoms with van der Waals surface area (Å²) in [5.41, 5.74) is 0.636. The third-order valence-electron chi connectivity index (χ3n) is 2.87. The van der Waals surface area contributed by atoms with Crippen molar-refractivity contribution in [1.29, 1.82) is 0 Å². The van der Waals surface area contributed by atoms with E-state index in [2.05, 4.69) is 15.3 Å². The molecular formula is C13H22N4O2. The van der Waals surface area contributed by atoms with Gasteiger partial charge in [-0.25, -0.2) is 9.78 Å². The first-order valence-electron chi connectivity index (χ1n) is 6.55. The highest BCUT2D eigenvalue weighted by Crippen LogP contribution is 2.15. The van der Waals surface area contributed by atoms with Crippen molar-refractivity contribution in [3.63, 3.8) is 0 Å². The minimum Gasteiger partial charge on any atom is -0.444 e. The molecule has 106 valence electrons. The lowest BCUT2D eigenvalue weighted by molar-refractivity contribution is 0.00516. The van der Waals surface area contributed by atoms with Gasteiger partial charge in [-0.1, -0.05) is 0 Å². The number of carbonyl (C=O) groups is 1. The highest BCUT2D eigenvalue weighted by atomic mass is 16.6. The van der Waals surface area contributed by atoms with E-state index in [1.807, 2.05) is 33.9 Å². The number of hydrogen-bond acceptors (Lipinski definition) is 4. The molecule has 19 heavy (non-hydrogen) atoms. The molecule has 2 rings (SSSR count). The van der Waals surface area contributed by atoms with Crippen LogP contribution in [0.1, 0.15) is 32.3 Å². The lowest BCUT2D eigenvalue weighted by Crippen LogP contribution is -2.60. The van der Waals surface area contributed by atoms with Crippen molar-refractivity contribution in [1.82, 2.24) is 20.2 Å². The maximum Gasteiger partial charge on any atom is 0.410 e. The van der Waals surface area contributed by atoms with E-state index in [9.17, 15) is 4.79 Å². The van der Waals surface area contributed by atoms with Crippen molar-refractivity contribution in [2.75, 3.05) is 13.1 Å². The molecule has 6 nitrogen and oxygen atoms in total. The number of imidazole rings is 1. The number of H-pyrrole nitrogens is 1. The molecular weight excluding hydrogens is 244 g/mol. The number of amides is 1.